The van der Waals surface area contributed by atoms with Crippen molar-refractivity contribution in [3.63, 3.8) is 0 Å². The van der Waals surface area contributed by atoms with Crippen LogP contribution in [0.2, 0.25) is 0 Å². The molecule has 0 bridgehead atoms. The van der Waals surface area contributed by atoms with E-state index in [1.54, 1.807) is 7.11 Å². The number of anilines is 1. The molecule has 0 aliphatic carbocycles. The zero-order valence-corrected chi connectivity index (χ0v) is 20.9. The fourth-order valence-corrected chi connectivity index (χ4v) is 4.75. The van der Waals surface area contributed by atoms with Crippen LogP contribution in [0.4, 0.5) is 5.69 Å². The van der Waals surface area contributed by atoms with Gasteiger partial charge in [-0.25, -0.2) is 0 Å². The molecule has 0 spiro atoms. The Hall–Kier alpha value is -2.12. The predicted octanol–water partition coefficient (Wildman–Crippen LogP) is 4.51. The summed E-state index contributed by atoms with van der Waals surface area (Å²) >= 11 is 0. The van der Waals surface area contributed by atoms with E-state index < -0.39 is 0 Å². The molecule has 2 heterocycles. The molecule has 2 aliphatic rings. The molecule has 1 N–H and O–H groups in total. The van der Waals surface area contributed by atoms with Crippen molar-refractivity contribution in [2.75, 3.05) is 51.4 Å². The standard InChI is InChI=1S/C28H40N2O4/c1-21(2)33-19-22-5-8-24(9-6-22)25-11-12-29-18-28(25)34-20-23-7-10-27-26(17-23)30(14-16-32-27)13-4-15-31-3/h5-10,17,21,25,28-29H,4,11-16,18-20H2,1-3H3/t25-,28+/m1/s1. The van der Waals surface area contributed by atoms with Crippen molar-refractivity contribution in [1.29, 1.82) is 0 Å². The summed E-state index contributed by atoms with van der Waals surface area (Å²) < 4.78 is 23.4. The highest BCUT2D eigenvalue weighted by Crippen LogP contribution is 2.34. The summed E-state index contributed by atoms with van der Waals surface area (Å²) in [5.41, 5.74) is 4.92. The van der Waals surface area contributed by atoms with Gasteiger partial charge in [0.1, 0.15) is 12.4 Å². The number of ether oxygens (including phenoxy) is 4. The van der Waals surface area contributed by atoms with Crippen LogP contribution in [0.3, 0.4) is 0 Å². The Morgan fingerprint density at radius 2 is 1.91 bits per heavy atom. The summed E-state index contributed by atoms with van der Waals surface area (Å²) in [6.45, 7) is 10.7. The number of nitrogens with one attached hydrogen (secondary N) is 1. The molecule has 0 amide bonds. The number of rotatable bonds is 11. The number of hydrogen-bond acceptors (Lipinski definition) is 6. The average molecular weight is 469 g/mol. The van der Waals surface area contributed by atoms with Crippen LogP contribution < -0.4 is 15.0 Å². The number of nitrogens with zero attached hydrogens (tertiary/aromatic N) is 1. The van der Waals surface area contributed by atoms with Crippen molar-refractivity contribution in [2.24, 2.45) is 0 Å². The summed E-state index contributed by atoms with van der Waals surface area (Å²) in [6.07, 6.45) is 2.48. The van der Waals surface area contributed by atoms with Gasteiger partial charge in [-0.1, -0.05) is 30.3 Å². The molecule has 186 valence electrons. The summed E-state index contributed by atoms with van der Waals surface area (Å²) in [6, 6.07) is 15.3. The maximum absolute atomic E-state index is 6.50. The Labute approximate surface area is 204 Å². The highest BCUT2D eigenvalue weighted by molar-refractivity contribution is 5.61. The summed E-state index contributed by atoms with van der Waals surface area (Å²) in [4.78, 5) is 2.40. The van der Waals surface area contributed by atoms with E-state index in [0.717, 1.165) is 58.0 Å². The van der Waals surface area contributed by atoms with Crippen LogP contribution in [-0.4, -0.2) is 58.7 Å². The maximum Gasteiger partial charge on any atom is 0.142 e. The molecule has 1 saturated heterocycles. The van der Waals surface area contributed by atoms with Crippen molar-refractivity contribution in [3.05, 3.63) is 59.2 Å². The number of hydrogen-bond donors (Lipinski definition) is 1. The summed E-state index contributed by atoms with van der Waals surface area (Å²) in [7, 11) is 1.76. The highest BCUT2D eigenvalue weighted by atomic mass is 16.5. The lowest BCUT2D eigenvalue weighted by Gasteiger charge is -2.33. The van der Waals surface area contributed by atoms with Crippen LogP contribution in [-0.2, 0) is 27.4 Å². The Morgan fingerprint density at radius 3 is 2.71 bits per heavy atom. The fraction of sp³-hybridized carbons (Fsp3) is 0.571. The number of benzene rings is 2. The predicted molar refractivity (Wildman–Crippen MR) is 136 cm³/mol. The molecule has 2 aliphatic heterocycles. The normalized spacial score (nSPS) is 20.3. The summed E-state index contributed by atoms with van der Waals surface area (Å²) in [5.74, 6) is 1.36. The van der Waals surface area contributed by atoms with E-state index in [1.807, 2.05) is 0 Å². The zero-order chi connectivity index (χ0) is 23.8. The minimum absolute atomic E-state index is 0.150. The van der Waals surface area contributed by atoms with Crippen LogP contribution in [0.1, 0.15) is 49.3 Å². The fourth-order valence-electron chi connectivity index (χ4n) is 4.75. The van der Waals surface area contributed by atoms with Gasteiger partial charge in [0, 0.05) is 32.7 Å². The molecule has 2 atom stereocenters. The van der Waals surface area contributed by atoms with Gasteiger partial charge in [-0.05, 0) is 62.1 Å². The number of methoxy groups -OCH3 is 1. The Morgan fingerprint density at radius 1 is 1.09 bits per heavy atom. The lowest BCUT2D eigenvalue weighted by molar-refractivity contribution is 0.0106. The molecule has 0 unspecified atom stereocenters. The molecule has 0 saturated carbocycles. The van der Waals surface area contributed by atoms with E-state index in [9.17, 15) is 0 Å². The monoisotopic (exact) mass is 468 g/mol. The van der Waals surface area contributed by atoms with E-state index >= 15 is 0 Å². The SMILES string of the molecule is COCCCN1CCOc2ccc(CO[C@H]3CNCC[C@@H]3c3ccc(COC(C)C)cc3)cc21. The number of piperidine rings is 1. The first-order valence-electron chi connectivity index (χ1n) is 12.7. The molecule has 0 aromatic heterocycles. The van der Waals surface area contributed by atoms with Gasteiger partial charge in [0.2, 0.25) is 0 Å². The lowest BCUT2D eigenvalue weighted by Crippen LogP contribution is -2.41. The first-order valence-corrected chi connectivity index (χ1v) is 12.7. The average Bonchev–Trinajstić information content (AvgIpc) is 2.87. The van der Waals surface area contributed by atoms with Gasteiger partial charge in [0.25, 0.3) is 0 Å². The third kappa shape index (κ3) is 6.72. The highest BCUT2D eigenvalue weighted by Gasteiger charge is 2.27. The van der Waals surface area contributed by atoms with E-state index in [0.29, 0.717) is 19.1 Å². The van der Waals surface area contributed by atoms with Crippen LogP contribution in [0.5, 0.6) is 5.75 Å². The molecule has 2 aromatic rings. The third-order valence-corrected chi connectivity index (χ3v) is 6.64. The number of fused-ring (bicyclic) bond motifs is 1. The van der Waals surface area contributed by atoms with Gasteiger partial charge in [-0.15, -0.1) is 0 Å². The molecular formula is C28H40N2O4. The smallest absolute Gasteiger partial charge is 0.142 e. The first-order chi connectivity index (χ1) is 16.6. The molecule has 6 nitrogen and oxygen atoms in total. The topological polar surface area (TPSA) is 52.2 Å². The van der Waals surface area contributed by atoms with Crippen LogP contribution in [0.15, 0.2) is 42.5 Å². The second-order valence-corrected chi connectivity index (χ2v) is 9.53. The molecular weight excluding hydrogens is 428 g/mol. The Bertz CT molecular complexity index is 886. The Balaban J connectivity index is 1.38. The molecule has 6 heteroatoms. The Kier molecular flexibility index (Phi) is 9.22. The minimum atomic E-state index is 0.150. The van der Waals surface area contributed by atoms with Gasteiger partial charge in [-0.2, -0.15) is 0 Å². The van der Waals surface area contributed by atoms with E-state index in [2.05, 4.69) is 66.5 Å². The van der Waals surface area contributed by atoms with Crippen LogP contribution >= 0.6 is 0 Å². The van der Waals surface area contributed by atoms with Crippen molar-refractivity contribution < 1.29 is 18.9 Å². The molecule has 1 fully saturated rings. The molecule has 2 aromatic carbocycles. The third-order valence-electron chi connectivity index (χ3n) is 6.64. The van der Waals surface area contributed by atoms with E-state index in [-0.39, 0.29) is 12.2 Å². The van der Waals surface area contributed by atoms with Gasteiger partial charge < -0.3 is 29.2 Å². The largest absolute Gasteiger partial charge is 0.490 e. The van der Waals surface area contributed by atoms with Crippen LogP contribution in [0, 0.1) is 0 Å². The first kappa shape index (κ1) is 25.0. The van der Waals surface area contributed by atoms with Crippen LogP contribution in [0.25, 0.3) is 0 Å². The molecule has 4 rings (SSSR count). The maximum atomic E-state index is 6.50. The second-order valence-electron chi connectivity index (χ2n) is 9.53. The zero-order valence-electron chi connectivity index (χ0n) is 20.9. The van der Waals surface area contributed by atoms with Crippen molar-refractivity contribution in [3.8, 4) is 5.75 Å². The van der Waals surface area contributed by atoms with Crippen molar-refractivity contribution in [2.45, 2.75) is 58.0 Å². The van der Waals surface area contributed by atoms with Gasteiger partial charge in [0.15, 0.2) is 0 Å². The molecule has 34 heavy (non-hydrogen) atoms. The summed E-state index contributed by atoms with van der Waals surface area (Å²) in [5, 5.41) is 3.52. The minimum Gasteiger partial charge on any atom is -0.490 e. The van der Waals surface area contributed by atoms with Gasteiger partial charge in [-0.3, -0.25) is 0 Å². The molecule has 0 radical (unpaired) electrons. The second kappa shape index (κ2) is 12.5. The van der Waals surface area contributed by atoms with Gasteiger partial charge in [0.05, 0.1) is 37.7 Å². The van der Waals surface area contributed by atoms with Crippen molar-refractivity contribution in [1.82, 2.24) is 5.32 Å². The van der Waals surface area contributed by atoms with Crippen molar-refractivity contribution >= 4 is 5.69 Å². The van der Waals surface area contributed by atoms with E-state index in [1.165, 1.54) is 22.4 Å². The van der Waals surface area contributed by atoms with E-state index in [4.69, 9.17) is 18.9 Å². The quantitative estimate of drug-likeness (QED) is 0.490. The lowest BCUT2D eigenvalue weighted by atomic mass is 9.87. The van der Waals surface area contributed by atoms with Gasteiger partial charge >= 0.3 is 0 Å².